The molecule has 3 atom stereocenters. The highest BCUT2D eigenvalue weighted by molar-refractivity contribution is 6.30. The van der Waals surface area contributed by atoms with E-state index < -0.39 is 0 Å². The van der Waals surface area contributed by atoms with Gasteiger partial charge in [0.05, 0.1) is 0 Å². The first kappa shape index (κ1) is 12.6. The zero-order valence-electron chi connectivity index (χ0n) is 10.9. The van der Waals surface area contributed by atoms with Crippen LogP contribution in [-0.2, 0) is 0 Å². The molecule has 0 radical (unpaired) electrons. The summed E-state index contributed by atoms with van der Waals surface area (Å²) in [5.74, 6) is 3.09. The third kappa shape index (κ3) is 2.54. The molecule has 0 amide bonds. The van der Waals surface area contributed by atoms with Gasteiger partial charge in [0.15, 0.2) is 0 Å². The minimum atomic E-state index is 0.508. The summed E-state index contributed by atoms with van der Waals surface area (Å²) in [6.45, 7) is 8.46. The van der Waals surface area contributed by atoms with E-state index >= 15 is 0 Å². The van der Waals surface area contributed by atoms with Crippen molar-refractivity contribution in [2.75, 3.05) is 5.32 Å². The Kier molecular flexibility index (Phi) is 3.57. The first-order chi connectivity index (χ1) is 7.99. The van der Waals surface area contributed by atoms with Crippen LogP contribution < -0.4 is 5.32 Å². The normalized spacial score (nSPS) is 28.4. The van der Waals surface area contributed by atoms with Crippen LogP contribution in [0.4, 0.5) is 5.82 Å². The lowest BCUT2D eigenvalue weighted by Crippen LogP contribution is -2.25. The molecule has 17 heavy (non-hydrogen) atoms. The summed E-state index contributed by atoms with van der Waals surface area (Å²) in [7, 11) is 0. The predicted octanol–water partition coefficient (Wildman–Crippen LogP) is 3.59. The molecule has 0 aromatic carbocycles. The maximum atomic E-state index is 6.08. The van der Waals surface area contributed by atoms with Gasteiger partial charge in [0, 0.05) is 11.6 Å². The average Bonchev–Trinajstić information content (AvgIpc) is 2.57. The number of aromatic nitrogens is 2. The molecule has 1 heterocycles. The SMILES string of the molecule is Cc1nc(Cl)c(C)c(NC2CCC(C)C2C)n1. The number of hydrogen-bond donors (Lipinski definition) is 1. The van der Waals surface area contributed by atoms with Crippen LogP contribution >= 0.6 is 11.6 Å². The monoisotopic (exact) mass is 253 g/mol. The van der Waals surface area contributed by atoms with E-state index in [-0.39, 0.29) is 0 Å². The summed E-state index contributed by atoms with van der Waals surface area (Å²) in [5, 5.41) is 4.09. The van der Waals surface area contributed by atoms with Crippen molar-refractivity contribution in [2.45, 2.75) is 46.6 Å². The van der Waals surface area contributed by atoms with Gasteiger partial charge in [0.1, 0.15) is 16.8 Å². The van der Waals surface area contributed by atoms with Gasteiger partial charge in [0.2, 0.25) is 0 Å². The topological polar surface area (TPSA) is 37.8 Å². The Morgan fingerprint density at radius 2 is 1.88 bits per heavy atom. The molecule has 1 aliphatic rings. The molecule has 1 fully saturated rings. The van der Waals surface area contributed by atoms with E-state index in [2.05, 4.69) is 29.1 Å². The third-order valence-corrected chi connectivity index (χ3v) is 4.35. The third-order valence-electron chi connectivity index (χ3n) is 3.99. The maximum absolute atomic E-state index is 6.08. The molecule has 1 aromatic heterocycles. The van der Waals surface area contributed by atoms with Crippen LogP contribution in [0.3, 0.4) is 0 Å². The summed E-state index contributed by atoms with van der Waals surface area (Å²) in [5.41, 5.74) is 0.948. The molecule has 1 aliphatic carbocycles. The quantitative estimate of drug-likeness (QED) is 0.819. The van der Waals surface area contributed by atoms with Gasteiger partial charge in [-0.2, -0.15) is 0 Å². The van der Waals surface area contributed by atoms with Gasteiger partial charge in [0.25, 0.3) is 0 Å². The minimum absolute atomic E-state index is 0.508. The van der Waals surface area contributed by atoms with E-state index in [1.807, 2.05) is 13.8 Å². The summed E-state index contributed by atoms with van der Waals surface area (Å²) in [4.78, 5) is 8.61. The number of rotatable bonds is 2. The molecule has 0 bridgehead atoms. The van der Waals surface area contributed by atoms with Crippen molar-refractivity contribution in [3.8, 4) is 0 Å². The molecular formula is C13H20ClN3. The first-order valence-electron chi connectivity index (χ1n) is 6.26. The Labute approximate surface area is 108 Å². The lowest BCUT2D eigenvalue weighted by atomic mass is 9.98. The van der Waals surface area contributed by atoms with Gasteiger partial charge in [-0.1, -0.05) is 25.4 Å². The highest BCUT2D eigenvalue weighted by atomic mass is 35.5. The molecule has 3 unspecified atom stereocenters. The van der Waals surface area contributed by atoms with Gasteiger partial charge < -0.3 is 5.32 Å². The van der Waals surface area contributed by atoms with Crippen molar-refractivity contribution in [2.24, 2.45) is 11.8 Å². The second-order valence-corrected chi connectivity index (χ2v) is 5.56. The minimum Gasteiger partial charge on any atom is -0.367 e. The van der Waals surface area contributed by atoms with Crippen LogP contribution in [0.15, 0.2) is 0 Å². The second-order valence-electron chi connectivity index (χ2n) is 5.20. The highest BCUT2D eigenvalue weighted by Crippen LogP contribution is 2.33. The van der Waals surface area contributed by atoms with E-state index in [1.165, 1.54) is 12.8 Å². The molecular weight excluding hydrogens is 234 g/mol. The zero-order valence-corrected chi connectivity index (χ0v) is 11.7. The summed E-state index contributed by atoms with van der Waals surface area (Å²) in [6.07, 6.45) is 2.50. The fraction of sp³-hybridized carbons (Fsp3) is 0.692. The van der Waals surface area contributed by atoms with E-state index in [0.717, 1.165) is 23.1 Å². The summed E-state index contributed by atoms with van der Waals surface area (Å²) < 4.78 is 0. The lowest BCUT2D eigenvalue weighted by Gasteiger charge is -2.21. The van der Waals surface area contributed by atoms with Gasteiger partial charge in [-0.15, -0.1) is 0 Å². The Hall–Kier alpha value is -0.830. The molecule has 2 rings (SSSR count). The van der Waals surface area contributed by atoms with Crippen molar-refractivity contribution < 1.29 is 0 Å². The highest BCUT2D eigenvalue weighted by Gasteiger charge is 2.30. The largest absolute Gasteiger partial charge is 0.367 e. The number of nitrogens with one attached hydrogen (secondary N) is 1. The predicted molar refractivity (Wildman–Crippen MR) is 71.5 cm³/mol. The molecule has 0 saturated heterocycles. The molecule has 1 N–H and O–H groups in total. The zero-order chi connectivity index (χ0) is 12.6. The van der Waals surface area contributed by atoms with Gasteiger partial charge in [-0.25, -0.2) is 9.97 Å². The van der Waals surface area contributed by atoms with Gasteiger partial charge >= 0.3 is 0 Å². The van der Waals surface area contributed by atoms with Crippen molar-refractivity contribution in [3.05, 3.63) is 16.5 Å². The smallest absolute Gasteiger partial charge is 0.137 e. The molecule has 0 spiro atoms. The van der Waals surface area contributed by atoms with Crippen LogP contribution in [0.1, 0.15) is 38.1 Å². The number of halogens is 1. The van der Waals surface area contributed by atoms with Crippen LogP contribution in [0.5, 0.6) is 0 Å². The molecule has 1 saturated carbocycles. The number of nitrogens with zero attached hydrogens (tertiary/aromatic N) is 2. The van der Waals surface area contributed by atoms with E-state index in [1.54, 1.807) is 0 Å². The fourth-order valence-corrected chi connectivity index (χ4v) is 2.69. The van der Waals surface area contributed by atoms with Crippen molar-refractivity contribution in [1.29, 1.82) is 0 Å². The Balaban J connectivity index is 2.19. The summed E-state index contributed by atoms with van der Waals surface area (Å²) in [6, 6.07) is 0.508. The molecule has 3 nitrogen and oxygen atoms in total. The van der Waals surface area contributed by atoms with Crippen molar-refractivity contribution >= 4 is 17.4 Å². The lowest BCUT2D eigenvalue weighted by molar-refractivity contribution is 0.435. The number of aryl methyl sites for hydroxylation is 1. The van der Waals surface area contributed by atoms with Gasteiger partial charge in [-0.05, 0) is 38.5 Å². The maximum Gasteiger partial charge on any atom is 0.137 e. The van der Waals surface area contributed by atoms with E-state index in [0.29, 0.717) is 17.1 Å². The fourth-order valence-electron chi connectivity index (χ4n) is 2.48. The van der Waals surface area contributed by atoms with Crippen LogP contribution in [-0.4, -0.2) is 16.0 Å². The Morgan fingerprint density at radius 1 is 1.18 bits per heavy atom. The number of hydrogen-bond acceptors (Lipinski definition) is 3. The van der Waals surface area contributed by atoms with Crippen LogP contribution in [0, 0.1) is 25.7 Å². The molecule has 4 heteroatoms. The Bertz CT molecular complexity index is 419. The van der Waals surface area contributed by atoms with Crippen LogP contribution in [0.25, 0.3) is 0 Å². The summed E-state index contributed by atoms with van der Waals surface area (Å²) >= 11 is 6.08. The van der Waals surface area contributed by atoms with Crippen molar-refractivity contribution in [3.63, 3.8) is 0 Å². The number of anilines is 1. The molecule has 1 aromatic rings. The first-order valence-corrected chi connectivity index (χ1v) is 6.64. The molecule has 0 aliphatic heterocycles. The van der Waals surface area contributed by atoms with Crippen LogP contribution in [0.2, 0.25) is 5.15 Å². The molecule has 94 valence electrons. The average molecular weight is 254 g/mol. The van der Waals surface area contributed by atoms with E-state index in [4.69, 9.17) is 11.6 Å². The van der Waals surface area contributed by atoms with Gasteiger partial charge in [-0.3, -0.25) is 0 Å². The Morgan fingerprint density at radius 3 is 2.47 bits per heavy atom. The second kappa shape index (κ2) is 4.81. The van der Waals surface area contributed by atoms with E-state index in [9.17, 15) is 0 Å². The standard InChI is InChI=1S/C13H20ClN3/c1-7-5-6-11(8(7)2)17-13-9(3)12(14)15-10(4)16-13/h7-8,11H,5-6H2,1-4H3,(H,15,16,17). The van der Waals surface area contributed by atoms with Crippen molar-refractivity contribution in [1.82, 2.24) is 9.97 Å².